The number of likely N-dealkylation sites (N-methyl/N-ethyl adjacent to an activating group) is 1. The molecular weight excluding hydrogens is 159 g/mol. The summed E-state index contributed by atoms with van der Waals surface area (Å²) in [6, 6.07) is 0. The van der Waals surface area contributed by atoms with Gasteiger partial charge in [-0.05, 0) is 7.05 Å². The van der Waals surface area contributed by atoms with Gasteiger partial charge in [-0.3, -0.25) is 0 Å². The van der Waals surface area contributed by atoms with E-state index < -0.39 is 6.68 Å². The van der Waals surface area contributed by atoms with Crippen LogP contribution in [0.5, 0.6) is 0 Å². The third-order valence-corrected chi connectivity index (χ3v) is 1.23. The van der Waals surface area contributed by atoms with Gasteiger partial charge < -0.3 is 9.64 Å². The summed E-state index contributed by atoms with van der Waals surface area (Å²) in [6.07, 6.45) is 0. The molecule has 1 aliphatic heterocycles. The number of morpholine rings is 1. The molecule has 0 unspecified atom stereocenters. The highest BCUT2D eigenvalue weighted by Crippen LogP contribution is 1.89. The summed E-state index contributed by atoms with van der Waals surface area (Å²) in [6.45, 7) is 0.354. The number of halogens is 3. The summed E-state index contributed by atoms with van der Waals surface area (Å²) in [4.78, 5) is 2.27. The van der Waals surface area contributed by atoms with Gasteiger partial charge in [0.1, 0.15) is 0 Å². The maximum atomic E-state index is 9.67. The molecule has 0 bridgehead atoms. The molecule has 0 spiro atoms. The first-order valence-corrected chi connectivity index (χ1v) is 3.31. The maximum Gasteiger partial charge on any atom is 0.379 e. The minimum atomic E-state index is -3.67. The first-order chi connectivity index (χ1) is 5.13. The van der Waals surface area contributed by atoms with Crippen LogP contribution in [0.4, 0.5) is 13.2 Å². The van der Waals surface area contributed by atoms with Crippen LogP contribution in [0, 0.1) is 0 Å². The fraction of sp³-hybridized carbons (Fsp3) is 1.00. The third-order valence-electron chi connectivity index (χ3n) is 1.23. The Labute approximate surface area is 63.9 Å². The topological polar surface area (TPSA) is 12.5 Å². The van der Waals surface area contributed by atoms with E-state index >= 15 is 0 Å². The molecule has 5 heteroatoms. The van der Waals surface area contributed by atoms with E-state index in [9.17, 15) is 13.2 Å². The fourth-order valence-electron chi connectivity index (χ4n) is 0.655. The molecule has 0 aliphatic carbocycles. The average molecular weight is 171 g/mol. The molecule has 1 aliphatic rings. The summed E-state index contributed by atoms with van der Waals surface area (Å²) >= 11 is 0. The highest BCUT2D eigenvalue weighted by Gasteiger charge is 2.02. The molecule has 11 heavy (non-hydrogen) atoms. The van der Waals surface area contributed by atoms with Crippen LogP contribution in [0.15, 0.2) is 0 Å². The number of nitrogens with zero attached hydrogens (tertiary/aromatic N) is 1. The number of hydrogen-bond acceptors (Lipinski definition) is 2. The van der Waals surface area contributed by atoms with Gasteiger partial charge in [-0.15, -0.1) is 0 Å². The summed E-state index contributed by atoms with van der Waals surface area (Å²) in [7, 11) is 2.11. The molecule has 2 nitrogen and oxygen atoms in total. The molecule has 0 aromatic rings. The number of rotatable bonds is 0. The van der Waals surface area contributed by atoms with E-state index in [-0.39, 0.29) is 0 Å². The normalized spacial score (nSPS) is 19.4. The van der Waals surface area contributed by atoms with Crippen LogP contribution in [0.2, 0.25) is 0 Å². The second-order valence-corrected chi connectivity index (χ2v) is 2.16. The van der Waals surface area contributed by atoms with Gasteiger partial charge in [-0.25, -0.2) is 0 Å². The molecule has 0 N–H and O–H groups in total. The van der Waals surface area contributed by atoms with Gasteiger partial charge in [-0.1, -0.05) is 0 Å². The minimum Gasteiger partial charge on any atom is -0.379 e. The number of alkyl halides is 3. The first kappa shape index (κ1) is 10.7. The highest BCUT2D eigenvalue weighted by molar-refractivity contribution is 4.53. The van der Waals surface area contributed by atoms with Crippen LogP contribution in [0.1, 0.15) is 0 Å². The van der Waals surface area contributed by atoms with Crippen LogP contribution >= 0.6 is 0 Å². The molecule has 0 atom stereocenters. The lowest BCUT2D eigenvalue weighted by atomic mass is 10.5. The van der Waals surface area contributed by atoms with Crippen molar-refractivity contribution in [1.29, 1.82) is 0 Å². The zero-order chi connectivity index (χ0) is 8.69. The van der Waals surface area contributed by atoms with Crippen molar-refractivity contribution >= 4 is 0 Å². The van der Waals surface area contributed by atoms with Crippen molar-refractivity contribution in [2.75, 3.05) is 33.4 Å². The van der Waals surface area contributed by atoms with Gasteiger partial charge in [0.05, 0.1) is 13.2 Å². The second-order valence-electron chi connectivity index (χ2n) is 2.16. The molecule has 0 amide bonds. The van der Waals surface area contributed by atoms with Crippen LogP contribution in [-0.4, -0.2) is 44.9 Å². The Bertz CT molecular complexity index is 83.1. The lowest BCUT2D eigenvalue weighted by Gasteiger charge is -2.21. The van der Waals surface area contributed by atoms with Gasteiger partial charge in [0.25, 0.3) is 0 Å². The van der Waals surface area contributed by atoms with Crippen molar-refractivity contribution in [3.05, 3.63) is 0 Å². The SMILES string of the molecule is CN1CCOCC1.FC(F)F. The van der Waals surface area contributed by atoms with E-state index in [0.29, 0.717) is 0 Å². The van der Waals surface area contributed by atoms with Crippen molar-refractivity contribution < 1.29 is 17.9 Å². The summed E-state index contributed by atoms with van der Waals surface area (Å²) in [5, 5.41) is 0. The Kier molecular flexibility index (Phi) is 6.25. The van der Waals surface area contributed by atoms with Gasteiger partial charge in [0, 0.05) is 13.1 Å². The summed E-state index contributed by atoms with van der Waals surface area (Å²) < 4.78 is 34.1. The van der Waals surface area contributed by atoms with E-state index in [2.05, 4.69) is 11.9 Å². The third kappa shape index (κ3) is 9.71. The van der Waals surface area contributed by atoms with Crippen LogP contribution in [-0.2, 0) is 4.74 Å². The maximum absolute atomic E-state index is 9.67. The van der Waals surface area contributed by atoms with Crippen LogP contribution < -0.4 is 0 Å². The molecule has 68 valence electrons. The molecule has 0 aromatic heterocycles. The van der Waals surface area contributed by atoms with Crippen LogP contribution in [0.25, 0.3) is 0 Å². The predicted molar refractivity (Wildman–Crippen MR) is 35.4 cm³/mol. The lowest BCUT2D eigenvalue weighted by Crippen LogP contribution is -2.32. The lowest BCUT2D eigenvalue weighted by molar-refractivity contribution is 0.00819. The monoisotopic (exact) mass is 171 g/mol. The Morgan fingerprint density at radius 3 is 1.73 bits per heavy atom. The molecule has 1 rings (SSSR count). The minimum absolute atomic E-state index is 0.913. The molecule has 1 saturated heterocycles. The molecule has 1 fully saturated rings. The molecule has 0 radical (unpaired) electrons. The van der Waals surface area contributed by atoms with Gasteiger partial charge in [0.15, 0.2) is 0 Å². The zero-order valence-electron chi connectivity index (χ0n) is 6.40. The number of hydrogen-bond donors (Lipinski definition) is 0. The Morgan fingerprint density at radius 1 is 1.18 bits per heavy atom. The van der Waals surface area contributed by atoms with E-state index in [1.165, 1.54) is 0 Å². The molecule has 0 aromatic carbocycles. The summed E-state index contributed by atoms with van der Waals surface area (Å²) in [5.74, 6) is 0. The zero-order valence-corrected chi connectivity index (χ0v) is 6.40. The van der Waals surface area contributed by atoms with Crippen molar-refractivity contribution in [1.82, 2.24) is 4.90 Å². The van der Waals surface area contributed by atoms with E-state index in [0.717, 1.165) is 26.3 Å². The fourth-order valence-corrected chi connectivity index (χ4v) is 0.655. The first-order valence-electron chi connectivity index (χ1n) is 3.31. The van der Waals surface area contributed by atoms with E-state index in [4.69, 9.17) is 4.74 Å². The Hall–Kier alpha value is -0.290. The van der Waals surface area contributed by atoms with Crippen LogP contribution in [0.3, 0.4) is 0 Å². The van der Waals surface area contributed by atoms with Crippen molar-refractivity contribution in [2.24, 2.45) is 0 Å². The van der Waals surface area contributed by atoms with Gasteiger partial charge >= 0.3 is 6.68 Å². The Balaban J connectivity index is 0.000000218. The second kappa shape index (κ2) is 6.42. The number of ether oxygens (including phenoxy) is 1. The quantitative estimate of drug-likeness (QED) is 0.541. The predicted octanol–water partition coefficient (Wildman–Crippen LogP) is 1.13. The standard InChI is InChI=1S/C5H11NO.CHF3/c1-6-2-4-7-5-3-6;2-1(3)4/h2-5H2,1H3;1H. The molecule has 1 heterocycles. The van der Waals surface area contributed by atoms with Crippen molar-refractivity contribution in [3.63, 3.8) is 0 Å². The van der Waals surface area contributed by atoms with Crippen molar-refractivity contribution in [3.8, 4) is 0 Å². The van der Waals surface area contributed by atoms with Crippen molar-refractivity contribution in [2.45, 2.75) is 6.68 Å². The molecule has 0 saturated carbocycles. The van der Waals surface area contributed by atoms with E-state index in [1.807, 2.05) is 0 Å². The Morgan fingerprint density at radius 2 is 1.55 bits per heavy atom. The van der Waals surface area contributed by atoms with E-state index in [1.54, 1.807) is 0 Å². The smallest absolute Gasteiger partial charge is 0.379 e. The van der Waals surface area contributed by atoms with Gasteiger partial charge in [-0.2, -0.15) is 13.2 Å². The largest absolute Gasteiger partial charge is 0.379 e. The summed E-state index contributed by atoms with van der Waals surface area (Å²) in [5.41, 5.74) is 0. The van der Waals surface area contributed by atoms with Gasteiger partial charge in [0.2, 0.25) is 0 Å². The highest BCUT2D eigenvalue weighted by atomic mass is 19.4. The molecular formula is C6H12F3NO. The average Bonchev–Trinajstić information content (AvgIpc) is 1.87.